The molecule has 0 radical (unpaired) electrons. The average Bonchev–Trinajstić information content (AvgIpc) is 2.37. The third kappa shape index (κ3) is 3.54. The second kappa shape index (κ2) is 6.16. The predicted octanol–water partition coefficient (Wildman–Crippen LogP) is 1.30. The molecule has 0 atom stereocenters. The summed E-state index contributed by atoms with van der Waals surface area (Å²) in [4.78, 5) is 21.7. The van der Waals surface area contributed by atoms with Gasteiger partial charge in [-0.1, -0.05) is 12.1 Å². The van der Waals surface area contributed by atoms with Gasteiger partial charge in [-0.3, -0.25) is 14.9 Å². The number of rotatable bonds is 5. The average molecular weight is 261 g/mol. The molecule has 0 unspecified atom stereocenters. The van der Waals surface area contributed by atoms with Crippen LogP contribution in [0, 0.1) is 21.4 Å². The van der Waals surface area contributed by atoms with Gasteiger partial charge in [0.2, 0.25) is 5.78 Å². The molecular weight excluding hydrogens is 250 g/mol. The van der Waals surface area contributed by atoms with Crippen LogP contribution in [0.1, 0.15) is 6.92 Å². The summed E-state index contributed by atoms with van der Waals surface area (Å²) < 4.78 is 5.06. The lowest BCUT2D eigenvalue weighted by Crippen LogP contribution is -2.16. The molecule has 7 nitrogen and oxygen atoms in total. The molecule has 0 heterocycles. The highest BCUT2D eigenvalue weighted by molar-refractivity contribution is 6.00. The van der Waals surface area contributed by atoms with Crippen molar-refractivity contribution < 1.29 is 14.5 Å². The van der Waals surface area contributed by atoms with E-state index in [0.29, 0.717) is 0 Å². The van der Waals surface area contributed by atoms with Crippen molar-refractivity contribution in [3.8, 4) is 11.8 Å². The van der Waals surface area contributed by atoms with Crippen LogP contribution in [0.5, 0.6) is 5.75 Å². The van der Waals surface area contributed by atoms with Crippen LogP contribution in [0.25, 0.3) is 0 Å². The third-order valence-electron chi connectivity index (χ3n) is 2.21. The summed E-state index contributed by atoms with van der Waals surface area (Å²) in [6, 6.07) is 7.32. The van der Waals surface area contributed by atoms with E-state index in [4.69, 9.17) is 15.7 Å². The minimum Gasteiger partial charge on any atom is -0.478 e. The number of carbonyl (C=O) groups is 1. The van der Waals surface area contributed by atoms with Crippen molar-refractivity contribution in [1.29, 1.82) is 5.26 Å². The summed E-state index contributed by atoms with van der Waals surface area (Å²) in [7, 11) is 0. The van der Waals surface area contributed by atoms with Gasteiger partial charge in [0, 0.05) is 11.8 Å². The maximum atomic E-state index is 11.6. The molecule has 1 aromatic rings. The van der Waals surface area contributed by atoms with Gasteiger partial charge >= 0.3 is 5.69 Å². The van der Waals surface area contributed by atoms with E-state index < -0.39 is 17.3 Å². The molecule has 0 bridgehead atoms. The molecule has 1 aromatic carbocycles. The Bertz CT molecular complexity index is 583. The van der Waals surface area contributed by atoms with Gasteiger partial charge < -0.3 is 10.5 Å². The van der Waals surface area contributed by atoms with Gasteiger partial charge in [0.25, 0.3) is 0 Å². The first kappa shape index (κ1) is 14.2. The van der Waals surface area contributed by atoms with Crippen LogP contribution in [0.15, 0.2) is 35.5 Å². The predicted molar refractivity (Wildman–Crippen MR) is 66.1 cm³/mol. The van der Waals surface area contributed by atoms with Gasteiger partial charge in [-0.05, 0) is 13.0 Å². The molecule has 0 amide bonds. The number of carbonyl (C=O) groups excluding carboxylic acids is 1. The minimum absolute atomic E-state index is 0.0344. The number of allylic oxidation sites excluding steroid dienone is 1. The normalized spacial score (nSPS) is 11.2. The quantitative estimate of drug-likeness (QED) is 0.369. The van der Waals surface area contributed by atoms with Gasteiger partial charge in [-0.2, -0.15) is 5.26 Å². The molecule has 0 fully saturated rings. The molecule has 7 heteroatoms. The highest BCUT2D eigenvalue weighted by Crippen LogP contribution is 2.25. The first-order valence-corrected chi connectivity index (χ1v) is 5.23. The van der Waals surface area contributed by atoms with Crippen molar-refractivity contribution in [2.75, 3.05) is 6.61 Å². The number of benzene rings is 1. The second-order valence-electron chi connectivity index (χ2n) is 3.61. The van der Waals surface area contributed by atoms with Crippen LogP contribution in [0.4, 0.5) is 5.69 Å². The standard InChI is InChI=1S/C12H11N3O4/c1-8(14)9(6-13)11(16)7-19-12-5-3-2-4-10(12)15(17)18/h2-5H,7,14H2,1H3/b9-8-. The zero-order valence-corrected chi connectivity index (χ0v) is 10.1. The molecular formula is C12H11N3O4. The van der Waals surface area contributed by atoms with Crippen molar-refractivity contribution in [2.24, 2.45) is 5.73 Å². The summed E-state index contributed by atoms with van der Waals surface area (Å²) in [5, 5.41) is 19.5. The van der Waals surface area contributed by atoms with E-state index in [1.165, 1.54) is 25.1 Å². The van der Waals surface area contributed by atoms with E-state index in [9.17, 15) is 14.9 Å². The van der Waals surface area contributed by atoms with Crippen molar-refractivity contribution in [3.63, 3.8) is 0 Å². The number of nitro groups is 1. The van der Waals surface area contributed by atoms with E-state index in [0.717, 1.165) is 0 Å². The third-order valence-corrected chi connectivity index (χ3v) is 2.21. The molecule has 1 rings (SSSR count). The Morgan fingerprint density at radius 2 is 2.16 bits per heavy atom. The molecule has 98 valence electrons. The highest BCUT2D eigenvalue weighted by Gasteiger charge is 2.17. The summed E-state index contributed by atoms with van der Waals surface area (Å²) in [5.74, 6) is -0.659. The van der Waals surface area contributed by atoms with Crippen molar-refractivity contribution >= 4 is 11.5 Å². The number of nitriles is 1. The van der Waals surface area contributed by atoms with Gasteiger partial charge in [-0.25, -0.2) is 0 Å². The lowest BCUT2D eigenvalue weighted by molar-refractivity contribution is -0.385. The maximum Gasteiger partial charge on any atom is 0.310 e. The Kier molecular flexibility index (Phi) is 4.60. The van der Waals surface area contributed by atoms with Crippen LogP contribution < -0.4 is 10.5 Å². The topological polar surface area (TPSA) is 119 Å². The molecule has 2 N–H and O–H groups in total. The van der Waals surface area contributed by atoms with Crippen molar-refractivity contribution in [1.82, 2.24) is 0 Å². The van der Waals surface area contributed by atoms with Crippen molar-refractivity contribution in [3.05, 3.63) is 45.6 Å². The van der Waals surface area contributed by atoms with E-state index in [2.05, 4.69) is 0 Å². The van der Waals surface area contributed by atoms with Gasteiger partial charge in [0.05, 0.1) is 4.92 Å². The Labute approximate surface area is 109 Å². The number of hydrogen-bond acceptors (Lipinski definition) is 6. The summed E-state index contributed by atoms with van der Waals surface area (Å²) >= 11 is 0. The summed E-state index contributed by atoms with van der Waals surface area (Å²) in [6.45, 7) is 0.934. The van der Waals surface area contributed by atoms with E-state index in [1.807, 2.05) is 0 Å². The van der Waals surface area contributed by atoms with Crippen LogP contribution in [-0.4, -0.2) is 17.3 Å². The molecule has 0 aliphatic heterocycles. The number of ether oxygens (including phenoxy) is 1. The second-order valence-corrected chi connectivity index (χ2v) is 3.61. The zero-order valence-electron chi connectivity index (χ0n) is 10.1. The Morgan fingerprint density at radius 1 is 1.53 bits per heavy atom. The van der Waals surface area contributed by atoms with E-state index in [-0.39, 0.29) is 22.7 Å². The first-order valence-electron chi connectivity index (χ1n) is 5.23. The SMILES string of the molecule is C/C(N)=C(\C#N)C(=O)COc1ccccc1[N+](=O)[O-]. The fraction of sp³-hybridized carbons (Fsp3) is 0.167. The number of nitrogens with zero attached hydrogens (tertiary/aromatic N) is 2. The number of ketones is 1. The molecule has 0 aromatic heterocycles. The monoisotopic (exact) mass is 261 g/mol. The molecule has 0 saturated carbocycles. The first-order chi connectivity index (χ1) is 8.97. The minimum atomic E-state index is -0.624. The van der Waals surface area contributed by atoms with Crippen LogP contribution in [0.2, 0.25) is 0 Å². The number of nitrogens with two attached hydrogens (primary N) is 1. The van der Waals surface area contributed by atoms with Crippen LogP contribution >= 0.6 is 0 Å². The maximum absolute atomic E-state index is 11.6. The molecule has 0 aliphatic rings. The molecule has 0 spiro atoms. The summed E-state index contributed by atoms with van der Waals surface area (Å²) in [5.41, 5.74) is 4.99. The van der Waals surface area contributed by atoms with Crippen LogP contribution in [0.3, 0.4) is 0 Å². The fourth-order valence-electron chi connectivity index (χ4n) is 1.32. The number of para-hydroxylation sites is 2. The van der Waals surface area contributed by atoms with Gasteiger partial charge in [0.15, 0.2) is 12.4 Å². The van der Waals surface area contributed by atoms with Gasteiger partial charge in [-0.15, -0.1) is 0 Å². The van der Waals surface area contributed by atoms with E-state index >= 15 is 0 Å². The van der Waals surface area contributed by atoms with Gasteiger partial charge in [0.1, 0.15) is 11.6 Å². The molecule has 19 heavy (non-hydrogen) atoms. The largest absolute Gasteiger partial charge is 0.478 e. The number of Topliss-reactive ketones (excluding diaryl/α,β-unsaturated/α-hetero) is 1. The van der Waals surface area contributed by atoms with Crippen molar-refractivity contribution in [2.45, 2.75) is 6.92 Å². The summed E-state index contributed by atoms with van der Waals surface area (Å²) in [6.07, 6.45) is 0. The number of nitro benzene ring substituents is 1. The number of hydrogen-bond donors (Lipinski definition) is 1. The Balaban J connectivity index is 2.85. The van der Waals surface area contributed by atoms with Crippen LogP contribution in [-0.2, 0) is 4.79 Å². The van der Waals surface area contributed by atoms with E-state index in [1.54, 1.807) is 12.1 Å². The Morgan fingerprint density at radius 3 is 2.68 bits per heavy atom. The molecule has 0 aliphatic carbocycles. The highest BCUT2D eigenvalue weighted by atomic mass is 16.6. The lowest BCUT2D eigenvalue weighted by atomic mass is 10.1. The smallest absolute Gasteiger partial charge is 0.310 e. The Hall–Kier alpha value is -2.88. The lowest BCUT2D eigenvalue weighted by Gasteiger charge is -2.05. The molecule has 0 saturated heterocycles. The fourth-order valence-corrected chi connectivity index (χ4v) is 1.32. The zero-order chi connectivity index (χ0) is 14.4.